The van der Waals surface area contributed by atoms with Gasteiger partial charge < -0.3 is 0 Å². The first-order valence-corrected chi connectivity index (χ1v) is 11.3. The van der Waals surface area contributed by atoms with Crippen molar-refractivity contribution in [3.8, 4) is 0 Å². The Balaban J connectivity index is 1.66. The van der Waals surface area contributed by atoms with Gasteiger partial charge in [0.15, 0.2) is 10.9 Å². The van der Waals surface area contributed by atoms with Gasteiger partial charge in [-0.05, 0) is 60.9 Å². The minimum atomic E-state index is -1.25. The number of fused-ring (bicyclic) bond motifs is 1. The van der Waals surface area contributed by atoms with Gasteiger partial charge in [-0.15, -0.1) is 0 Å². The third-order valence-corrected chi connectivity index (χ3v) is 6.88. The molecule has 0 N–H and O–H groups in total. The maximum absolute atomic E-state index is 13.4. The number of aryl methyl sites for hydroxylation is 2. The molecule has 0 bridgehead atoms. The average molecular weight is 459 g/mol. The topological polar surface area (TPSA) is 67.3 Å². The number of hydrogen-bond acceptors (Lipinski definition) is 5. The summed E-state index contributed by atoms with van der Waals surface area (Å²) < 4.78 is 14.3. The zero-order chi connectivity index (χ0) is 23.3. The normalized spacial score (nSPS) is 18.3. The monoisotopic (exact) mass is 458 g/mol. The Kier molecular flexibility index (Phi) is 5.13. The quantitative estimate of drug-likeness (QED) is 0.239. The second kappa shape index (κ2) is 8.01. The van der Waals surface area contributed by atoms with Gasteiger partial charge in [0.05, 0.1) is 16.3 Å². The first-order valence-electron chi connectivity index (χ1n) is 10.4. The molecule has 1 aliphatic heterocycles. The van der Waals surface area contributed by atoms with E-state index in [9.17, 15) is 18.8 Å². The van der Waals surface area contributed by atoms with E-state index in [0.717, 1.165) is 21.3 Å². The van der Waals surface area contributed by atoms with Gasteiger partial charge >= 0.3 is 0 Å². The summed E-state index contributed by atoms with van der Waals surface area (Å²) in [7, 11) is 0. The van der Waals surface area contributed by atoms with Crippen LogP contribution in [0.15, 0.2) is 66.7 Å². The Morgan fingerprint density at radius 2 is 1.70 bits per heavy atom. The largest absolute Gasteiger partial charge is 0.297 e. The highest BCUT2D eigenvalue weighted by Crippen LogP contribution is 2.44. The smallest absolute Gasteiger partial charge is 0.293 e. The highest BCUT2D eigenvalue weighted by molar-refractivity contribution is 7.22. The van der Waals surface area contributed by atoms with Gasteiger partial charge in [-0.2, -0.15) is 0 Å². The number of anilines is 1. The summed E-state index contributed by atoms with van der Waals surface area (Å²) in [5.74, 6) is -3.80. The Morgan fingerprint density at radius 1 is 1.00 bits per heavy atom. The lowest BCUT2D eigenvalue weighted by Crippen LogP contribution is -2.30. The first kappa shape index (κ1) is 21.2. The molecule has 164 valence electrons. The molecule has 1 aromatic heterocycles. The van der Waals surface area contributed by atoms with Crippen molar-refractivity contribution in [2.45, 2.75) is 19.9 Å². The van der Waals surface area contributed by atoms with Gasteiger partial charge in [-0.25, -0.2) is 9.37 Å². The second-order valence-corrected chi connectivity index (χ2v) is 9.18. The lowest BCUT2D eigenvalue weighted by molar-refractivity contribution is -0.135. The van der Waals surface area contributed by atoms with Crippen LogP contribution in [0.25, 0.3) is 10.2 Å². The van der Waals surface area contributed by atoms with Gasteiger partial charge in [-0.3, -0.25) is 19.3 Å². The van der Waals surface area contributed by atoms with Crippen LogP contribution in [0.3, 0.4) is 0 Å². The van der Waals surface area contributed by atoms with Crippen LogP contribution >= 0.6 is 11.3 Å². The number of ketones is 2. The summed E-state index contributed by atoms with van der Waals surface area (Å²) in [4.78, 5) is 45.9. The van der Waals surface area contributed by atoms with E-state index in [0.29, 0.717) is 10.7 Å². The minimum Gasteiger partial charge on any atom is -0.293 e. The van der Waals surface area contributed by atoms with Crippen molar-refractivity contribution < 1.29 is 18.8 Å². The van der Waals surface area contributed by atoms with Crippen LogP contribution in [-0.4, -0.2) is 22.5 Å². The van der Waals surface area contributed by atoms with Crippen LogP contribution in [0.1, 0.15) is 33.1 Å². The number of aromatic nitrogens is 1. The average Bonchev–Trinajstić information content (AvgIpc) is 3.33. The number of rotatable bonds is 4. The van der Waals surface area contributed by atoms with Crippen LogP contribution in [0.5, 0.6) is 0 Å². The SMILES string of the molecule is Cc1cc(C)c2nc(N3C(=O)C(=O)C(C(=O)c4ccc(F)cc4)C3c3ccccc3)sc2c1. The fourth-order valence-electron chi connectivity index (χ4n) is 4.39. The Hall–Kier alpha value is -3.71. The summed E-state index contributed by atoms with van der Waals surface area (Å²) in [6.45, 7) is 3.94. The molecule has 2 heterocycles. The molecule has 0 aliphatic carbocycles. The second-order valence-electron chi connectivity index (χ2n) is 8.17. The molecule has 0 saturated carbocycles. The van der Waals surface area contributed by atoms with E-state index in [1.807, 2.05) is 32.0 Å². The zero-order valence-corrected chi connectivity index (χ0v) is 18.7. The molecule has 0 radical (unpaired) electrons. The van der Waals surface area contributed by atoms with Crippen molar-refractivity contribution in [3.05, 3.63) is 94.8 Å². The molecule has 7 heteroatoms. The Bertz CT molecular complexity index is 1410. The van der Waals surface area contributed by atoms with Gasteiger partial charge in [0.2, 0.25) is 5.78 Å². The maximum Gasteiger partial charge on any atom is 0.297 e. The van der Waals surface area contributed by atoms with E-state index in [1.165, 1.54) is 40.5 Å². The minimum absolute atomic E-state index is 0.182. The number of nitrogens with zero attached hydrogens (tertiary/aromatic N) is 2. The molecule has 0 spiro atoms. The van der Waals surface area contributed by atoms with Crippen LogP contribution in [-0.2, 0) is 9.59 Å². The summed E-state index contributed by atoms with van der Waals surface area (Å²) in [6.07, 6.45) is 0. The highest BCUT2D eigenvalue weighted by Gasteiger charge is 2.53. The summed E-state index contributed by atoms with van der Waals surface area (Å²) in [5.41, 5.74) is 3.65. The Morgan fingerprint density at radius 3 is 2.39 bits per heavy atom. The van der Waals surface area contributed by atoms with E-state index in [1.54, 1.807) is 24.3 Å². The summed E-state index contributed by atoms with van der Waals surface area (Å²) in [6, 6.07) is 17.2. The summed E-state index contributed by atoms with van der Waals surface area (Å²) in [5, 5.41) is 0.375. The number of Topliss-reactive ketones (excluding diaryl/α,β-unsaturated/α-hetero) is 2. The zero-order valence-electron chi connectivity index (χ0n) is 17.9. The lowest BCUT2D eigenvalue weighted by atomic mass is 9.86. The standard InChI is InChI=1S/C26H19FN2O3S/c1-14-12-15(2)21-19(13-14)33-26(28-21)29-22(16-6-4-3-5-7-16)20(24(31)25(29)32)23(30)17-8-10-18(27)11-9-17/h3-13,20,22H,1-2H3. The van der Waals surface area contributed by atoms with Crippen molar-refractivity contribution in [2.24, 2.45) is 5.92 Å². The fourth-order valence-corrected chi connectivity index (χ4v) is 5.56. The molecule has 2 unspecified atom stereocenters. The maximum atomic E-state index is 13.4. The number of carbonyl (C=O) groups excluding carboxylic acids is 3. The predicted molar refractivity (Wildman–Crippen MR) is 125 cm³/mol. The number of hydrogen-bond donors (Lipinski definition) is 0. The van der Waals surface area contributed by atoms with Crippen LogP contribution in [0.4, 0.5) is 9.52 Å². The number of amides is 1. The number of halogens is 1. The third kappa shape index (κ3) is 3.54. The number of carbonyl (C=O) groups is 3. The van der Waals surface area contributed by atoms with Crippen LogP contribution in [0, 0.1) is 25.6 Å². The van der Waals surface area contributed by atoms with E-state index in [2.05, 4.69) is 4.98 Å². The molecule has 5 nitrogen and oxygen atoms in total. The molecular formula is C26H19FN2O3S. The fraction of sp³-hybridized carbons (Fsp3) is 0.154. The molecule has 3 aromatic carbocycles. The Labute approximate surface area is 193 Å². The third-order valence-electron chi connectivity index (χ3n) is 5.88. The highest BCUT2D eigenvalue weighted by atomic mass is 32.1. The molecular weight excluding hydrogens is 439 g/mol. The predicted octanol–water partition coefficient (Wildman–Crippen LogP) is 5.21. The molecule has 1 aliphatic rings. The van der Waals surface area contributed by atoms with E-state index in [-0.39, 0.29) is 5.56 Å². The van der Waals surface area contributed by atoms with E-state index in [4.69, 9.17) is 0 Å². The van der Waals surface area contributed by atoms with Crippen molar-refractivity contribution in [1.82, 2.24) is 4.98 Å². The van der Waals surface area contributed by atoms with Crippen molar-refractivity contribution in [3.63, 3.8) is 0 Å². The van der Waals surface area contributed by atoms with Crippen LogP contribution in [0.2, 0.25) is 0 Å². The molecule has 5 rings (SSSR count). The number of benzene rings is 3. The van der Waals surface area contributed by atoms with Gasteiger partial charge in [0, 0.05) is 5.56 Å². The first-order chi connectivity index (χ1) is 15.8. The van der Waals surface area contributed by atoms with E-state index >= 15 is 0 Å². The van der Waals surface area contributed by atoms with Gasteiger partial charge in [-0.1, -0.05) is 47.7 Å². The molecule has 33 heavy (non-hydrogen) atoms. The molecule has 1 fully saturated rings. The van der Waals surface area contributed by atoms with E-state index < -0.39 is 35.3 Å². The van der Waals surface area contributed by atoms with Gasteiger partial charge in [0.25, 0.3) is 5.91 Å². The van der Waals surface area contributed by atoms with Crippen LogP contribution < -0.4 is 4.90 Å². The van der Waals surface area contributed by atoms with Crippen molar-refractivity contribution >= 4 is 44.2 Å². The summed E-state index contributed by atoms with van der Waals surface area (Å²) >= 11 is 1.32. The molecule has 2 atom stereocenters. The van der Waals surface area contributed by atoms with Crippen molar-refractivity contribution in [1.29, 1.82) is 0 Å². The molecule has 4 aromatic rings. The molecule has 1 saturated heterocycles. The van der Waals surface area contributed by atoms with Crippen molar-refractivity contribution in [2.75, 3.05) is 4.90 Å². The molecule has 1 amide bonds. The number of thiazole rings is 1. The lowest BCUT2D eigenvalue weighted by Gasteiger charge is -2.25. The van der Waals surface area contributed by atoms with Gasteiger partial charge in [0.1, 0.15) is 11.7 Å².